The Morgan fingerprint density at radius 3 is 2.88 bits per heavy atom. The minimum atomic E-state index is 0.112. The topological polar surface area (TPSA) is 59.0 Å². The highest BCUT2D eigenvalue weighted by molar-refractivity contribution is 6.30. The number of halogens is 1. The number of benzene rings is 1. The number of nitriles is 1. The maximum Gasteiger partial charge on any atom is 0.138 e. The van der Waals surface area contributed by atoms with Crippen molar-refractivity contribution < 1.29 is 4.74 Å². The number of nitrogens with zero attached hydrogens (tertiary/aromatic N) is 1. The summed E-state index contributed by atoms with van der Waals surface area (Å²) in [6.07, 6.45) is 2.88. The monoisotopic (exact) mass is 236 g/mol. The molecule has 0 radical (unpaired) electrons. The predicted octanol–water partition coefficient (Wildman–Crippen LogP) is 2.47. The SMILES string of the molecule is N#Cc1ccc(Cl)cc1OC1CCC(N)C1. The minimum Gasteiger partial charge on any atom is -0.489 e. The van der Waals surface area contributed by atoms with Gasteiger partial charge in [0, 0.05) is 17.1 Å². The van der Waals surface area contributed by atoms with Crippen LogP contribution in [0.4, 0.5) is 0 Å². The number of hydrogen-bond donors (Lipinski definition) is 1. The summed E-state index contributed by atoms with van der Waals surface area (Å²) < 4.78 is 5.76. The zero-order valence-electron chi connectivity index (χ0n) is 8.82. The Balaban J connectivity index is 2.14. The van der Waals surface area contributed by atoms with Crippen LogP contribution in [0.5, 0.6) is 5.75 Å². The maximum atomic E-state index is 8.94. The van der Waals surface area contributed by atoms with Gasteiger partial charge in [-0.05, 0) is 31.4 Å². The van der Waals surface area contributed by atoms with Crippen molar-refractivity contribution in [3.8, 4) is 11.8 Å². The first-order valence-electron chi connectivity index (χ1n) is 5.31. The Morgan fingerprint density at radius 1 is 1.44 bits per heavy atom. The minimum absolute atomic E-state index is 0.112. The van der Waals surface area contributed by atoms with E-state index in [1.54, 1.807) is 18.2 Å². The molecule has 0 saturated heterocycles. The summed E-state index contributed by atoms with van der Waals surface area (Å²) in [7, 11) is 0. The molecule has 3 nitrogen and oxygen atoms in total. The summed E-state index contributed by atoms with van der Waals surface area (Å²) in [6.45, 7) is 0. The van der Waals surface area contributed by atoms with Gasteiger partial charge in [0.15, 0.2) is 0 Å². The van der Waals surface area contributed by atoms with E-state index in [0.29, 0.717) is 16.3 Å². The van der Waals surface area contributed by atoms with Gasteiger partial charge in [-0.15, -0.1) is 0 Å². The fourth-order valence-electron chi connectivity index (χ4n) is 1.95. The highest BCUT2D eigenvalue weighted by atomic mass is 35.5. The van der Waals surface area contributed by atoms with Crippen molar-refractivity contribution in [2.24, 2.45) is 5.73 Å². The molecule has 84 valence electrons. The molecule has 1 aromatic carbocycles. The van der Waals surface area contributed by atoms with Crippen LogP contribution < -0.4 is 10.5 Å². The zero-order valence-corrected chi connectivity index (χ0v) is 9.57. The maximum absolute atomic E-state index is 8.94. The Labute approximate surface area is 99.8 Å². The van der Waals surface area contributed by atoms with E-state index in [9.17, 15) is 0 Å². The molecule has 0 spiro atoms. The largest absolute Gasteiger partial charge is 0.489 e. The molecule has 0 amide bonds. The second-order valence-corrected chi connectivity index (χ2v) is 4.50. The summed E-state index contributed by atoms with van der Waals surface area (Å²) in [6, 6.07) is 7.36. The van der Waals surface area contributed by atoms with Crippen LogP contribution in [0, 0.1) is 11.3 Å². The van der Waals surface area contributed by atoms with Gasteiger partial charge in [-0.3, -0.25) is 0 Å². The number of rotatable bonds is 2. The number of hydrogen-bond acceptors (Lipinski definition) is 3. The lowest BCUT2D eigenvalue weighted by atomic mass is 10.2. The molecule has 1 fully saturated rings. The van der Waals surface area contributed by atoms with Gasteiger partial charge < -0.3 is 10.5 Å². The van der Waals surface area contributed by atoms with Gasteiger partial charge in [0.2, 0.25) is 0 Å². The molecule has 1 aromatic rings. The average Bonchev–Trinajstić information content (AvgIpc) is 2.64. The third-order valence-electron chi connectivity index (χ3n) is 2.78. The van der Waals surface area contributed by atoms with Crippen LogP contribution in [0.1, 0.15) is 24.8 Å². The summed E-state index contributed by atoms with van der Waals surface area (Å²) >= 11 is 5.87. The Kier molecular flexibility index (Phi) is 3.33. The van der Waals surface area contributed by atoms with E-state index in [1.165, 1.54) is 0 Å². The van der Waals surface area contributed by atoms with Gasteiger partial charge in [0.05, 0.1) is 5.56 Å². The van der Waals surface area contributed by atoms with Crippen molar-refractivity contribution in [1.29, 1.82) is 5.26 Å². The molecule has 1 aliphatic carbocycles. The second-order valence-electron chi connectivity index (χ2n) is 4.07. The van der Waals surface area contributed by atoms with Gasteiger partial charge in [-0.2, -0.15) is 5.26 Å². The van der Waals surface area contributed by atoms with E-state index in [0.717, 1.165) is 19.3 Å². The van der Waals surface area contributed by atoms with E-state index in [2.05, 4.69) is 6.07 Å². The summed E-state index contributed by atoms with van der Waals surface area (Å²) in [4.78, 5) is 0. The molecule has 0 bridgehead atoms. The fourth-order valence-corrected chi connectivity index (χ4v) is 2.11. The molecular weight excluding hydrogens is 224 g/mol. The van der Waals surface area contributed by atoms with Crippen LogP contribution >= 0.6 is 11.6 Å². The van der Waals surface area contributed by atoms with E-state index < -0.39 is 0 Å². The Hall–Kier alpha value is -1.24. The van der Waals surface area contributed by atoms with Crippen molar-refractivity contribution >= 4 is 11.6 Å². The molecule has 4 heteroatoms. The lowest BCUT2D eigenvalue weighted by molar-refractivity contribution is 0.207. The lowest BCUT2D eigenvalue weighted by Gasteiger charge is -2.14. The molecule has 2 unspecified atom stereocenters. The second kappa shape index (κ2) is 4.73. The van der Waals surface area contributed by atoms with Crippen molar-refractivity contribution in [2.45, 2.75) is 31.4 Å². The third-order valence-corrected chi connectivity index (χ3v) is 3.02. The molecule has 0 aliphatic heterocycles. The molecule has 2 N–H and O–H groups in total. The van der Waals surface area contributed by atoms with Crippen molar-refractivity contribution in [3.05, 3.63) is 28.8 Å². The molecule has 2 atom stereocenters. The third kappa shape index (κ3) is 2.46. The quantitative estimate of drug-likeness (QED) is 0.858. The Morgan fingerprint density at radius 2 is 2.25 bits per heavy atom. The van der Waals surface area contributed by atoms with Gasteiger partial charge >= 0.3 is 0 Å². The van der Waals surface area contributed by atoms with Gasteiger partial charge in [0.25, 0.3) is 0 Å². The summed E-state index contributed by atoms with van der Waals surface area (Å²) in [5.41, 5.74) is 6.33. The standard InChI is InChI=1S/C12H13ClN2O/c13-9-2-1-8(7-14)12(5-9)16-11-4-3-10(15)6-11/h1-2,5,10-11H,3-4,6,15H2. The molecular formula is C12H13ClN2O. The van der Waals surface area contributed by atoms with Crippen LogP contribution in [-0.2, 0) is 0 Å². The molecule has 1 aliphatic rings. The van der Waals surface area contributed by atoms with Crippen molar-refractivity contribution in [2.75, 3.05) is 0 Å². The highest BCUT2D eigenvalue weighted by Gasteiger charge is 2.24. The van der Waals surface area contributed by atoms with E-state index in [1.807, 2.05) is 0 Å². The fraction of sp³-hybridized carbons (Fsp3) is 0.417. The van der Waals surface area contributed by atoms with Crippen LogP contribution in [0.2, 0.25) is 5.02 Å². The normalized spacial score (nSPS) is 24.1. The first-order chi connectivity index (χ1) is 7.69. The molecule has 16 heavy (non-hydrogen) atoms. The summed E-state index contributed by atoms with van der Waals surface area (Å²) in [5.74, 6) is 0.564. The molecule has 1 saturated carbocycles. The molecule has 2 rings (SSSR count). The summed E-state index contributed by atoms with van der Waals surface area (Å²) in [5, 5.41) is 9.52. The number of nitrogens with two attached hydrogens (primary N) is 1. The van der Waals surface area contributed by atoms with Gasteiger partial charge in [0.1, 0.15) is 17.9 Å². The first-order valence-corrected chi connectivity index (χ1v) is 5.68. The van der Waals surface area contributed by atoms with Gasteiger partial charge in [-0.1, -0.05) is 11.6 Å². The zero-order chi connectivity index (χ0) is 11.5. The average molecular weight is 237 g/mol. The Bertz CT molecular complexity index is 428. The van der Waals surface area contributed by atoms with E-state index in [4.69, 9.17) is 27.3 Å². The van der Waals surface area contributed by atoms with Crippen molar-refractivity contribution in [3.63, 3.8) is 0 Å². The molecule has 0 heterocycles. The highest BCUT2D eigenvalue weighted by Crippen LogP contribution is 2.28. The molecule has 0 aromatic heterocycles. The van der Waals surface area contributed by atoms with Crippen LogP contribution in [-0.4, -0.2) is 12.1 Å². The van der Waals surface area contributed by atoms with E-state index in [-0.39, 0.29) is 12.1 Å². The van der Waals surface area contributed by atoms with Crippen LogP contribution in [0.15, 0.2) is 18.2 Å². The smallest absolute Gasteiger partial charge is 0.138 e. The van der Waals surface area contributed by atoms with Crippen molar-refractivity contribution in [1.82, 2.24) is 0 Å². The van der Waals surface area contributed by atoms with Crippen LogP contribution in [0.25, 0.3) is 0 Å². The number of ether oxygens (including phenoxy) is 1. The lowest BCUT2D eigenvalue weighted by Crippen LogP contribution is -2.19. The van der Waals surface area contributed by atoms with Crippen LogP contribution in [0.3, 0.4) is 0 Å². The van der Waals surface area contributed by atoms with Gasteiger partial charge in [-0.25, -0.2) is 0 Å². The van der Waals surface area contributed by atoms with E-state index >= 15 is 0 Å². The predicted molar refractivity (Wildman–Crippen MR) is 62.4 cm³/mol. The first kappa shape index (κ1) is 11.3.